The SMILES string of the molecule is COc1ccccc1CN/N=C\c1cc(OC)c(O)c([N+](=O)[O-])c1. The fourth-order valence-corrected chi connectivity index (χ4v) is 2.08. The number of methoxy groups -OCH3 is 2. The van der Waals surface area contributed by atoms with Crippen LogP contribution in [0, 0.1) is 10.1 Å². The number of nitro benzene ring substituents is 1. The van der Waals surface area contributed by atoms with Crippen LogP contribution in [0.2, 0.25) is 0 Å². The molecular weight excluding hydrogens is 314 g/mol. The maximum Gasteiger partial charge on any atom is 0.315 e. The Morgan fingerprint density at radius 3 is 2.62 bits per heavy atom. The van der Waals surface area contributed by atoms with Crippen LogP contribution in [0.5, 0.6) is 17.2 Å². The molecule has 0 unspecified atom stereocenters. The number of nitro groups is 1. The summed E-state index contributed by atoms with van der Waals surface area (Å²) in [5.41, 5.74) is 3.74. The predicted molar refractivity (Wildman–Crippen MR) is 88.7 cm³/mol. The van der Waals surface area contributed by atoms with Crippen molar-refractivity contribution in [2.75, 3.05) is 14.2 Å². The topological polar surface area (TPSA) is 106 Å². The molecule has 0 saturated carbocycles. The molecule has 0 atom stereocenters. The predicted octanol–water partition coefficient (Wildman–Crippen LogP) is 2.44. The van der Waals surface area contributed by atoms with Crippen molar-refractivity contribution in [1.82, 2.24) is 5.43 Å². The largest absolute Gasteiger partial charge is 0.500 e. The van der Waals surface area contributed by atoms with E-state index >= 15 is 0 Å². The summed E-state index contributed by atoms with van der Waals surface area (Å²) in [7, 11) is 2.91. The third-order valence-corrected chi connectivity index (χ3v) is 3.26. The Morgan fingerprint density at radius 1 is 1.25 bits per heavy atom. The molecular formula is C16H17N3O5. The number of nitrogens with zero attached hydrogens (tertiary/aromatic N) is 2. The number of hydrogen-bond donors (Lipinski definition) is 2. The number of nitrogens with one attached hydrogen (secondary N) is 1. The Hall–Kier alpha value is -3.29. The summed E-state index contributed by atoms with van der Waals surface area (Å²) in [6.45, 7) is 0.428. The molecule has 0 saturated heterocycles. The van der Waals surface area contributed by atoms with Crippen molar-refractivity contribution in [3.05, 3.63) is 57.6 Å². The third kappa shape index (κ3) is 3.92. The van der Waals surface area contributed by atoms with Crippen LogP contribution in [-0.4, -0.2) is 30.5 Å². The average Bonchev–Trinajstić information content (AvgIpc) is 2.59. The van der Waals surface area contributed by atoms with Gasteiger partial charge in [0.15, 0.2) is 5.75 Å². The normalized spacial score (nSPS) is 10.6. The molecule has 0 radical (unpaired) electrons. The smallest absolute Gasteiger partial charge is 0.315 e. The highest BCUT2D eigenvalue weighted by Crippen LogP contribution is 2.36. The number of ether oxygens (including phenoxy) is 2. The lowest BCUT2D eigenvalue weighted by atomic mass is 10.2. The van der Waals surface area contributed by atoms with E-state index in [9.17, 15) is 15.2 Å². The third-order valence-electron chi connectivity index (χ3n) is 3.26. The van der Waals surface area contributed by atoms with Gasteiger partial charge in [-0.05, 0) is 12.1 Å². The summed E-state index contributed by atoms with van der Waals surface area (Å²) in [5.74, 6) is 0.235. The maximum absolute atomic E-state index is 10.9. The lowest BCUT2D eigenvalue weighted by molar-refractivity contribution is -0.386. The van der Waals surface area contributed by atoms with E-state index in [-0.39, 0.29) is 5.75 Å². The standard InChI is InChI=1S/C16H17N3O5/c1-23-14-6-4-3-5-12(14)10-18-17-9-11-7-13(19(21)22)16(20)15(8-11)24-2/h3-9,18,20H,10H2,1-2H3/b17-9-. The van der Waals surface area contributed by atoms with Crippen LogP contribution in [0.25, 0.3) is 0 Å². The fourth-order valence-electron chi connectivity index (χ4n) is 2.08. The molecule has 0 aromatic heterocycles. The van der Waals surface area contributed by atoms with Gasteiger partial charge in [0.2, 0.25) is 5.75 Å². The van der Waals surface area contributed by atoms with E-state index in [1.807, 2.05) is 24.3 Å². The highest BCUT2D eigenvalue weighted by atomic mass is 16.6. The second-order valence-corrected chi connectivity index (χ2v) is 4.75. The van der Waals surface area contributed by atoms with Crippen molar-refractivity contribution in [3.63, 3.8) is 0 Å². The zero-order valence-corrected chi connectivity index (χ0v) is 13.2. The molecule has 0 amide bonds. The molecule has 0 bridgehead atoms. The first-order chi connectivity index (χ1) is 11.6. The first-order valence-electron chi connectivity index (χ1n) is 7.00. The van der Waals surface area contributed by atoms with Crippen LogP contribution < -0.4 is 14.9 Å². The first-order valence-corrected chi connectivity index (χ1v) is 7.00. The van der Waals surface area contributed by atoms with Gasteiger partial charge in [-0.25, -0.2) is 0 Å². The van der Waals surface area contributed by atoms with Gasteiger partial charge in [-0.2, -0.15) is 5.10 Å². The second-order valence-electron chi connectivity index (χ2n) is 4.75. The van der Waals surface area contributed by atoms with E-state index in [4.69, 9.17) is 9.47 Å². The number of para-hydroxylation sites is 1. The van der Waals surface area contributed by atoms with E-state index in [0.717, 1.165) is 11.3 Å². The molecule has 126 valence electrons. The minimum absolute atomic E-state index is 0.00961. The van der Waals surface area contributed by atoms with E-state index < -0.39 is 16.4 Å². The summed E-state index contributed by atoms with van der Waals surface area (Å²) in [6, 6.07) is 10.2. The van der Waals surface area contributed by atoms with E-state index in [1.165, 1.54) is 25.5 Å². The second kappa shape index (κ2) is 7.82. The molecule has 24 heavy (non-hydrogen) atoms. The summed E-state index contributed by atoms with van der Waals surface area (Å²) in [6.07, 6.45) is 1.41. The minimum atomic E-state index is -0.683. The Kier molecular flexibility index (Phi) is 5.56. The van der Waals surface area contributed by atoms with E-state index in [2.05, 4.69) is 10.5 Å². The molecule has 0 heterocycles. The zero-order valence-electron chi connectivity index (χ0n) is 13.2. The summed E-state index contributed by atoms with van der Waals surface area (Å²) in [5, 5.41) is 24.7. The van der Waals surface area contributed by atoms with Crippen molar-refractivity contribution in [3.8, 4) is 17.2 Å². The Balaban J connectivity index is 2.12. The molecule has 0 aliphatic carbocycles. The van der Waals surface area contributed by atoms with E-state index in [1.54, 1.807) is 7.11 Å². The molecule has 0 aliphatic heterocycles. The van der Waals surface area contributed by atoms with Crippen molar-refractivity contribution in [1.29, 1.82) is 0 Å². The van der Waals surface area contributed by atoms with Crippen molar-refractivity contribution >= 4 is 11.9 Å². The zero-order chi connectivity index (χ0) is 17.5. The van der Waals surface area contributed by atoms with Crippen LogP contribution in [-0.2, 0) is 6.54 Å². The molecule has 0 fully saturated rings. The Bertz CT molecular complexity index is 761. The van der Waals surface area contributed by atoms with Gasteiger partial charge in [0, 0.05) is 17.2 Å². The number of aromatic hydroxyl groups is 1. The average molecular weight is 331 g/mol. The lowest BCUT2D eigenvalue weighted by Crippen LogP contribution is -2.07. The highest BCUT2D eigenvalue weighted by molar-refractivity contribution is 5.83. The molecule has 2 aromatic carbocycles. The molecule has 0 aliphatic rings. The van der Waals surface area contributed by atoms with Crippen LogP contribution in [0.3, 0.4) is 0 Å². The summed E-state index contributed by atoms with van der Waals surface area (Å²) >= 11 is 0. The molecule has 2 N–H and O–H groups in total. The molecule has 2 aromatic rings. The van der Waals surface area contributed by atoms with Gasteiger partial charge in [0.25, 0.3) is 0 Å². The fraction of sp³-hybridized carbons (Fsp3) is 0.188. The lowest BCUT2D eigenvalue weighted by Gasteiger charge is -2.07. The number of rotatable bonds is 7. The van der Waals surface area contributed by atoms with Crippen LogP contribution in [0.1, 0.15) is 11.1 Å². The van der Waals surface area contributed by atoms with Crippen molar-refractivity contribution in [2.45, 2.75) is 6.54 Å². The van der Waals surface area contributed by atoms with Crippen LogP contribution in [0.15, 0.2) is 41.5 Å². The van der Waals surface area contributed by atoms with Gasteiger partial charge in [0.05, 0.1) is 31.9 Å². The minimum Gasteiger partial charge on any atom is -0.500 e. The number of phenolic OH excluding ortho intramolecular Hbond substituents is 1. The number of phenols is 1. The summed E-state index contributed by atoms with van der Waals surface area (Å²) < 4.78 is 10.2. The molecule has 8 heteroatoms. The summed E-state index contributed by atoms with van der Waals surface area (Å²) in [4.78, 5) is 10.3. The first kappa shape index (κ1) is 17.1. The molecule has 0 spiro atoms. The molecule has 8 nitrogen and oxygen atoms in total. The quantitative estimate of drug-likeness (QED) is 0.458. The Morgan fingerprint density at radius 2 is 1.96 bits per heavy atom. The van der Waals surface area contributed by atoms with Gasteiger partial charge < -0.3 is 20.0 Å². The number of hydrazone groups is 1. The van der Waals surface area contributed by atoms with E-state index in [0.29, 0.717) is 12.1 Å². The van der Waals surface area contributed by atoms with Crippen molar-refractivity contribution in [2.24, 2.45) is 5.10 Å². The van der Waals surface area contributed by atoms with Crippen molar-refractivity contribution < 1.29 is 19.5 Å². The van der Waals surface area contributed by atoms with Gasteiger partial charge >= 0.3 is 5.69 Å². The monoisotopic (exact) mass is 331 g/mol. The highest BCUT2D eigenvalue weighted by Gasteiger charge is 2.19. The number of benzene rings is 2. The van der Waals surface area contributed by atoms with Gasteiger partial charge in [-0.3, -0.25) is 10.1 Å². The number of hydrogen-bond acceptors (Lipinski definition) is 7. The van der Waals surface area contributed by atoms with Gasteiger partial charge in [-0.1, -0.05) is 18.2 Å². The maximum atomic E-state index is 10.9. The Labute approximate surface area is 138 Å². The molecule has 2 rings (SSSR count). The van der Waals surface area contributed by atoms with Gasteiger partial charge in [0.1, 0.15) is 5.75 Å². The van der Waals surface area contributed by atoms with Crippen LogP contribution >= 0.6 is 0 Å². The van der Waals surface area contributed by atoms with Gasteiger partial charge in [-0.15, -0.1) is 0 Å². The van der Waals surface area contributed by atoms with Crippen LogP contribution in [0.4, 0.5) is 5.69 Å².